The van der Waals surface area contributed by atoms with Crippen molar-refractivity contribution in [2.24, 2.45) is 0 Å². The van der Waals surface area contributed by atoms with Gasteiger partial charge in [-0.05, 0) is 36.8 Å². The molecule has 0 saturated carbocycles. The fraction of sp³-hybridized carbons (Fsp3) is 0.615. The molecule has 1 aromatic heterocycles. The Morgan fingerprint density at radius 3 is 2.88 bits per heavy atom. The summed E-state index contributed by atoms with van der Waals surface area (Å²) in [7, 11) is 0. The Bertz CT molecular complexity index is 349. The van der Waals surface area contributed by atoms with Crippen LogP contribution in [0.1, 0.15) is 37.6 Å². The number of thiophene rings is 1. The van der Waals surface area contributed by atoms with Crippen molar-refractivity contribution in [2.45, 2.75) is 46.2 Å². The minimum Gasteiger partial charge on any atom is -0.353 e. The van der Waals surface area contributed by atoms with Crippen LogP contribution >= 0.6 is 11.3 Å². The molecule has 1 unspecified atom stereocenters. The number of carbonyl (C=O) groups is 1. The van der Waals surface area contributed by atoms with Crippen molar-refractivity contribution in [1.82, 2.24) is 10.6 Å². The van der Waals surface area contributed by atoms with Gasteiger partial charge in [0.05, 0.1) is 6.54 Å². The molecule has 0 spiro atoms. The van der Waals surface area contributed by atoms with E-state index in [0.717, 1.165) is 19.4 Å². The van der Waals surface area contributed by atoms with Crippen LogP contribution < -0.4 is 10.6 Å². The van der Waals surface area contributed by atoms with Gasteiger partial charge in [-0.1, -0.05) is 13.8 Å². The van der Waals surface area contributed by atoms with E-state index in [0.29, 0.717) is 6.54 Å². The van der Waals surface area contributed by atoms with Gasteiger partial charge in [0.25, 0.3) is 0 Å². The first-order valence-corrected chi connectivity index (χ1v) is 7.10. The Labute approximate surface area is 108 Å². The predicted molar refractivity (Wildman–Crippen MR) is 73.3 cm³/mol. The van der Waals surface area contributed by atoms with Gasteiger partial charge in [-0.15, -0.1) is 11.3 Å². The van der Waals surface area contributed by atoms with E-state index in [9.17, 15) is 4.79 Å². The third-order valence-electron chi connectivity index (χ3n) is 2.81. The van der Waals surface area contributed by atoms with Crippen LogP contribution in [0.2, 0.25) is 0 Å². The van der Waals surface area contributed by atoms with Crippen LogP contribution in [0, 0.1) is 0 Å². The molecular weight excluding hydrogens is 232 g/mol. The van der Waals surface area contributed by atoms with Gasteiger partial charge in [-0.2, -0.15) is 0 Å². The highest BCUT2D eigenvalue weighted by molar-refractivity contribution is 7.10. The average molecular weight is 254 g/mol. The molecule has 96 valence electrons. The lowest BCUT2D eigenvalue weighted by molar-refractivity contribution is -0.120. The van der Waals surface area contributed by atoms with Crippen LogP contribution in [0.15, 0.2) is 11.4 Å². The second-order valence-electron chi connectivity index (χ2n) is 4.20. The number of carbonyl (C=O) groups excluding carboxylic acids is 1. The summed E-state index contributed by atoms with van der Waals surface area (Å²) in [6, 6.07) is 2.42. The van der Waals surface area contributed by atoms with Gasteiger partial charge in [0.15, 0.2) is 0 Å². The molecule has 0 fully saturated rings. The quantitative estimate of drug-likeness (QED) is 0.784. The topological polar surface area (TPSA) is 41.1 Å². The molecule has 0 bridgehead atoms. The summed E-state index contributed by atoms with van der Waals surface area (Å²) in [5.74, 6) is 0.0777. The summed E-state index contributed by atoms with van der Waals surface area (Å²) in [6.07, 6.45) is 2.02. The molecule has 17 heavy (non-hydrogen) atoms. The van der Waals surface area contributed by atoms with Gasteiger partial charge < -0.3 is 10.6 Å². The van der Waals surface area contributed by atoms with Gasteiger partial charge in [0, 0.05) is 17.5 Å². The van der Waals surface area contributed by atoms with Crippen LogP contribution in [0.25, 0.3) is 0 Å². The van der Waals surface area contributed by atoms with E-state index in [1.165, 1.54) is 10.4 Å². The van der Waals surface area contributed by atoms with E-state index in [2.05, 4.69) is 35.9 Å². The van der Waals surface area contributed by atoms with Gasteiger partial charge in [0.2, 0.25) is 5.91 Å². The first-order valence-electron chi connectivity index (χ1n) is 6.22. The number of nitrogens with one attached hydrogen (secondary N) is 2. The largest absolute Gasteiger partial charge is 0.353 e. The van der Waals surface area contributed by atoms with E-state index in [4.69, 9.17) is 0 Å². The summed E-state index contributed by atoms with van der Waals surface area (Å²) in [6.45, 7) is 7.42. The Morgan fingerprint density at radius 2 is 2.24 bits per heavy atom. The molecule has 1 amide bonds. The number of rotatable bonds is 7. The molecule has 0 aliphatic heterocycles. The molecule has 2 N–H and O–H groups in total. The highest BCUT2D eigenvalue weighted by Gasteiger charge is 2.06. The summed E-state index contributed by atoms with van der Waals surface area (Å²) in [5.41, 5.74) is 1.38. The molecule has 0 aliphatic rings. The molecule has 0 aliphatic carbocycles. The zero-order valence-electron chi connectivity index (χ0n) is 10.9. The summed E-state index contributed by atoms with van der Waals surface area (Å²) in [4.78, 5) is 12.9. The highest BCUT2D eigenvalue weighted by atomic mass is 32.1. The maximum atomic E-state index is 11.5. The Kier molecular flexibility index (Phi) is 6.22. The molecular formula is C13H22N2OS. The highest BCUT2D eigenvalue weighted by Crippen LogP contribution is 2.16. The fourth-order valence-corrected chi connectivity index (χ4v) is 2.50. The van der Waals surface area contributed by atoms with Crippen molar-refractivity contribution in [3.05, 3.63) is 21.9 Å². The van der Waals surface area contributed by atoms with Crippen LogP contribution in [-0.4, -0.2) is 18.5 Å². The molecule has 0 saturated heterocycles. The molecule has 1 aromatic rings. The zero-order chi connectivity index (χ0) is 12.7. The maximum absolute atomic E-state index is 11.5. The lowest BCUT2D eigenvalue weighted by Gasteiger charge is -2.11. The molecule has 0 aromatic carbocycles. The van der Waals surface area contributed by atoms with E-state index in [1.54, 1.807) is 11.3 Å². The SMILES string of the molecule is CCc1ccsc1CNCC(=O)NC(C)CC. The van der Waals surface area contributed by atoms with Crippen molar-refractivity contribution in [2.75, 3.05) is 6.54 Å². The first kappa shape index (κ1) is 14.2. The second kappa shape index (κ2) is 7.45. The first-order chi connectivity index (χ1) is 8.17. The van der Waals surface area contributed by atoms with Crippen LogP contribution in [0.5, 0.6) is 0 Å². The van der Waals surface area contributed by atoms with Gasteiger partial charge in [-0.25, -0.2) is 0 Å². The van der Waals surface area contributed by atoms with Crippen molar-refractivity contribution in [3.8, 4) is 0 Å². The standard InChI is InChI=1S/C13H22N2OS/c1-4-10(3)15-13(16)9-14-8-12-11(5-2)6-7-17-12/h6-7,10,14H,4-5,8-9H2,1-3H3,(H,15,16). The van der Waals surface area contributed by atoms with E-state index in [1.807, 2.05) is 6.92 Å². The number of aryl methyl sites for hydroxylation is 1. The van der Waals surface area contributed by atoms with Crippen LogP contribution in [0.4, 0.5) is 0 Å². The molecule has 1 atom stereocenters. The van der Waals surface area contributed by atoms with Crippen molar-refractivity contribution in [1.29, 1.82) is 0 Å². The molecule has 4 heteroatoms. The zero-order valence-corrected chi connectivity index (χ0v) is 11.7. The number of amides is 1. The molecule has 3 nitrogen and oxygen atoms in total. The van der Waals surface area contributed by atoms with E-state index in [-0.39, 0.29) is 11.9 Å². The Hall–Kier alpha value is -0.870. The average Bonchev–Trinajstić information content (AvgIpc) is 2.76. The lowest BCUT2D eigenvalue weighted by Crippen LogP contribution is -2.38. The normalized spacial score (nSPS) is 12.4. The van der Waals surface area contributed by atoms with Crippen LogP contribution in [0.3, 0.4) is 0 Å². The van der Waals surface area contributed by atoms with E-state index < -0.39 is 0 Å². The lowest BCUT2D eigenvalue weighted by atomic mass is 10.2. The molecule has 1 heterocycles. The third kappa shape index (κ3) is 4.88. The monoisotopic (exact) mass is 254 g/mol. The summed E-state index contributed by atoms with van der Waals surface area (Å²) in [5, 5.41) is 8.24. The Morgan fingerprint density at radius 1 is 1.47 bits per heavy atom. The van der Waals surface area contributed by atoms with Crippen molar-refractivity contribution in [3.63, 3.8) is 0 Å². The molecule has 1 rings (SSSR count). The van der Waals surface area contributed by atoms with Gasteiger partial charge in [-0.3, -0.25) is 4.79 Å². The minimum absolute atomic E-state index is 0.0777. The Balaban J connectivity index is 2.26. The predicted octanol–water partition coefficient (Wildman–Crippen LogP) is 2.31. The number of hydrogen-bond donors (Lipinski definition) is 2. The van der Waals surface area contributed by atoms with Crippen LogP contribution in [-0.2, 0) is 17.8 Å². The minimum atomic E-state index is 0.0777. The van der Waals surface area contributed by atoms with Gasteiger partial charge >= 0.3 is 0 Å². The summed E-state index contributed by atoms with van der Waals surface area (Å²) >= 11 is 1.75. The van der Waals surface area contributed by atoms with E-state index >= 15 is 0 Å². The smallest absolute Gasteiger partial charge is 0.234 e. The summed E-state index contributed by atoms with van der Waals surface area (Å²) < 4.78 is 0. The molecule has 0 radical (unpaired) electrons. The van der Waals surface area contributed by atoms with Gasteiger partial charge in [0.1, 0.15) is 0 Å². The third-order valence-corrected chi connectivity index (χ3v) is 3.77. The second-order valence-corrected chi connectivity index (χ2v) is 5.20. The van der Waals surface area contributed by atoms with Crippen molar-refractivity contribution < 1.29 is 4.79 Å². The maximum Gasteiger partial charge on any atom is 0.234 e. The fourth-order valence-electron chi connectivity index (χ4n) is 1.55. The number of hydrogen-bond acceptors (Lipinski definition) is 3. The van der Waals surface area contributed by atoms with Crippen molar-refractivity contribution >= 4 is 17.2 Å².